The summed E-state index contributed by atoms with van der Waals surface area (Å²) >= 11 is 0. The van der Waals surface area contributed by atoms with Crippen molar-refractivity contribution < 1.29 is 21.8 Å². The van der Waals surface area contributed by atoms with Crippen LogP contribution in [0, 0.1) is 5.92 Å². The van der Waals surface area contributed by atoms with Gasteiger partial charge in [-0.25, -0.2) is 0 Å². The Morgan fingerprint density at radius 1 is 1.32 bits per heavy atom. The second-order valence-electron chi connectivity index (χ2n) is 5.92. The van der Waals surface area contributed by atoms with Crippen molar-refractivity contribution in [2.24, 2.45) is 5.92 Å². The van der Waals surface area contributed by atoms with E-state index in [4.69, 9.17) is 4.74 Å². The van der Waals surface area contributed by atoms with Gasteiger partial charge in [0, 0.05) is 19.5 Å². The number of carbonyl (C=O) groups is 1. The molecule has 5 nitrogen and oxygen atoms in total. The fourth-order valence-electron chi connectivity index (χ4n) is 2.25. The van der Waals surface area contributed by atoms with Crippen LogP contribution in [-0.4, -0.2) is 37.6 Å². The van der Waals surface area contributed by atoms with E-state index in [1.54, 1.807) is 0 Å². The van der Waals surface area contributed by atoms with E-state index in [1.165, 1.54) is 4.90 Å². The van der Waals surface area contributed by atoms with Crippen molar-refractivity contribution in [3.63, 3.8) is 0 Å². The maximum atomic E-state index is 13.0. The summed E-state index contributed by atoms with van der Waals surface area (Å²) in [4.78, 5) is 13.1. The minimum Gasteiger partial charge on any atom is -0.493 e. The Balaban J connectivity index is 1.95. The second kappa shape index (κ2) is 6.64. The molecule has 1 heterocycles. The van der Waals surface area contributed by atoms with Crippen LogP contribution in [0.4, 0.5) is 3.89 Å². The van der Waals surface area contributed by atoms with E-state index in [2.05, 4.69) is 13.8 Å². The van der Waals surface area contributed by atoms with Crippen molar-refractivity contribution in [3.8, 4) is 5.75 Å². The predicted molar refractivity (Wildman–Crippen MR) is 80.6 cm³/mol. The summed E-state index contributed by atoms with van der Waals surface area (Å²) in [7, 11) is -4.67. The average molecular weight is 329 g/mol. The molecular weight excluding hydrogens is 309 g/mol. The first kappa shape index (κ1) is 16.7. The fourth-order valence-corrected chi connectivity index (χ4v) is 2.95. The molecule has 1 aliphatic rings. The zero-order valence-corrected chi connectivity index (χ0v) is 13.5. The highest BCUT2D eigenvalue weighted by Gasteiger charge is 2.38. The number of benzene rings is 1. The van der Waals surface area contributed by atoms with Gasteiger partial charge in [0.15, 0.2) is 0 Å². The third-order valence-electron chi connectivity index (χ3n) is 3.46. The van der Waals surface area contributed by atoms with Gasteiger partial charge in [0.05, 0.1) is 6.61 Å². The molecule has 0 aliphatic carbocycles. The van der Waals surface area contributed by atoms with Gasteiger partial charge >= 0.3 is 10.2 Å². The quantitative estimate of drug-likeness (QED) is 0.750. The number of nitrogens with zero attached hydrogens (tertiary/aromatic N) is 1. The van der Waals surface area contributed by atoms with E-state index in [1.807, 2.05) is 24.3 Å². The number of amides is 1. The lowest BCUT2D eigenvalue weighted by Crippen LogP contribution is -2.26. The van der Waals surface area contributed by atoms with Gasteiger partial charge in [0.25, 0.3) is 0 Å². The molecule has 0 aromatic heterocycles. The normalized spacial score (nSPS) is 19.0. The van der Waals surface area contributed by atoms with E-state index in [0.29, 0.717) is 12.5 Å². The summed E-state index contributed by atoms with van der Waals surface area (Å²) in [6.45, 7) is 4.92. The molecule has 22 heavy (non-hydrogen) atoms. The van der Waals surface area contributed by atoms with Crippen molar-refractivity contribution >= 4 is 16.1 Å². The molecule has 1 unspecified atom stereocenters. The molecule has 0 bridgehead atoms. The highest BCUT2D eigenvalue weighted by Crippen LogP contribution is 2.22. The maximum absolute atomic E-state index is 13.0. The van der Waals surface area contributed by atoms with E-state index in [-0.39, 0.29) is 25.4 Å². The third kappa shape index (κ3) is 4.43. The van der Waals surface area contributed by atoms with E-state index >= 15 is 0 Å². The molecule has 1 aromatic rings. The highest BCUT2D eigenvalue weighted by molar-refractivity contribution is 7.87. The molecule has 1 amide bonds. The van der Waals surface area contributed by atoms with Gasteiger partial charge in [-0.3, -0.25) is 4.79 Å². The van der Waals surface area contributed by atoms with E-state index < -0.39 is 15.5 Å². The molecule has 0 saturated carbocycles. The smallest absolute Gasteiger partial charge is 0.307 e. The topological polar surface area (TPSA) is 63.7 Å². The molecule has 0 N–H and O–H groups in total. The van der Waals surface area contributed by atoms with Crippen LogP contribution in [0.2, 0.25) is 0 Å². The molecule has 122 valence electrons. The maximum Gasteiger partial charge on any atom is 0.307 e. The Morgan fingerprint density at radius 2 is 1.95 bits per heavy atom. The number of ether oxygens (including phenoxy) is 1. The van der Waals surface area contributed by atoms with Gasteiger partial charge < -0.3 is 9.64 Å². The van der Waals surface area contributed by atoms with Crippen LogP contribution in [0.15, 0.2) is 24.3 Å². The molecule has 1 atom stereocenters. The monoisotopic (exact) mass is 329 g/mol. The lowest BCUT2D eigenvalue weighted by molar-refractivity contribution is -0.128. The molecule has 0 radical (unpaired) electrons. The first-order valence-electron chi connectivity index (χ1n) is 7.18. The molecule has 7 heteroatoms. The third-order valence-corrected chi connectivity index (χ3v) is 4.57. The number of carbonyl (C=O) groups excluding carboxylic acids is 1. The van der Waals surface area contributed by atoms with Crippen LogP contribution in [0.5, 0.6) is 5.75 Å². The molecule has 1 aromatic carbocycles. The minimum absolute atomic E-state index is 0.0940. The summed E-state index contributed by atoms with van der Waals surface area (Å²) in [5.74, 6) is 0.835. The first-order chi connectivity index (χ1) is 10.3. The molecule has 1 saturated heterocycles. The molecule has 1 fully saturated rings. The predicted octanol–water partition coefficient (Wildman–Crippen LogP) is 2.12. The van der Waals surface area contributed by atoms with Crippen LogP contribution in [0.3, 0.4) is 0 Å². The van der Waals surface area contributed by atoms with Crippen LogP contribution >= 0.6 is 0 Å². The summed E-state index contributed by atoms with van der Waals surface area (Å²) in [6, 6.07) is 7.25. The second-order valence-corrected chi connectivity index (χ2v) is 7.54. The van der Waals surface area contributed by atoms with Crippen LogP contribution in [0.25, 0.3) is 0 Å². The highest BCUT2D eigenvalue weighted by atomic mass is 32.3. The fraction of sp³-hybridized carbons (Fsp3) is 0.533. The minimum atomic E-state index is -4.67. The molecule has 0 spiro atoms. The summed E-state index contributed by atoms with van der Waals surface area (Å²) in [5, 5.41) is -1.24. The Labute approximate surface area is 130 Å². The van der Waals surface area contributed by atoms with Crippen molar-refractivity contribution in [1.82, 2.24) is 4.90 Å². The Morgan fingerprint density at radius 3 is 2.45 bits per heavy atom. The van der Waals surface area contributed by atoms with Crippen molar-refractivity contribution in [2.45, 2.75) is 32.1 Å². The first-order valence-corrected chi connectivity index (χ1v) is 8.63. The van der Waals surface area contributed by atoms with Gasteiger partial charge in [0.2, 0.25) is 5.91 Å². The van der Waals surface area contributed by atoms with Gasteiger partial charge in [0.1, 0.15) is 11.0 Å². The number of hydrogen-bond acceptors (Lipinski definition) is 4. The van der Waals surface area contributed by atoms with Gasteiger partial charge in [-0.2, -0.15) is 8.42 Å². The van der Waals surface area contributed by atoms with Crippen molar-refractivity contribution in [1.29, 1.82) is 0 Å². The Hall–Kier alpha value is -1.63. The van der Waals surface area contributed by atoms with Crippen molar-refractivity contribution in [2.75, 3.05) is 13.2 Å². The molecular formula is C15H20FNO4S. The van der Waals surface area contributed by atoms with Gasteiger partial charge in [-0.15, -0.1) is 3.89 Å². The number of halogens is 1. The number of likely N-dealkylation sites (tertiary alicyclic amines) is 1. The molecule has 2 rings (SSSR count). The Kier molecular flexibility index (Phi) is 5.05. The zero-order valence-electron chi connectivity index (χ0n) is 12.7. The lowest BCUT2D eigenvalue weighted by atomic mass is 10.2. The van der Waals surface area contributed by atoms with Crippen LogP contribution in [0.1, 0.15) is 25.8 Å². The standard InChI is InChI=1S/C15H20FNO4S/c1-11(2)10-21-13-5-3-12(4-6-13)8-17-9-14(7-15(17)18)22(16,19)20/h3-6,11,14H,7-10H2,1-2H3. The lowest BCUT2D eigenvalue weighted by Gasteiger charge is -2.16. The summed E-state index contributed by atoms with van der Waals surface area (Å²) in [5.41, 5.74) is 0.849. The molecule has 1 aliphatic heterocycles. The van der Waals surface area contributed by atoms with Gasteiger partial charge in [-0.1, -0.05) is 26.0 Å². The van der Waals surface area contributed by atoms with Crippen LogP contribution < -0.4 is 4.74 Å². The summed E-state index contributed by atoms with van der Waals surface area (Å²) in [6.07, 6.45) is -0.283. The van der Waals surface area contributed by atoms with Crippen molar-refractivity contribution in [3.05, 3.63) is 29.8 Å². The zero-order chi connectivity index (χ0) is 16.3. The number of hydrogen-bond donors (Lipinski definition) is 0. The SMILES string of the molecule is CC(C)COc1ccc(CN2CC(S(=O)(=O)F)CC2=O)cc1. The summed E-state index contributed by atoms with van der Waals surface area (Å²) < 4.78 is 40.3. The van der Waals surface area contributed by atoms with E-state index in [9.17, 15) is 17.1 Å². The van der Waals surface area contributed by atoms with Crippen LogP contribution in [-0.2, 0) is 21.6 Å². The Bertz CT molecular complexity index is 627. The van der Waals surface area contributed by atoms with E-state index in [0.717, 1.165) is 11.3 Å². The average Bonchev–Trinajstić information content (AvgIpc) is 2.79. The largest absolute Gasteiger partial charge is 0.493 e. The number of rotatable bonds is 6. The van der Waals surface area contributed by atoms with Gasteiger partial charge in [-0.05, 0) is 23.6 Å².